The van der Waals surface area contributed by atoms with Crippen LogP contribution in [0.1, 0.15) is 31.7 Å². The molecule has 0 saturated carbocycles. The third-order valence-corrected chi connectivity index (χ3v) is 6.60. The van der Waals surface area contributed by atoms with E-state index in [1.165, 1.54) is 11.7 Å². The highest BCUT2D eigenvalue weighted by atomic mass is 16.5. The number of carbonyl (C=O) groups excluding carboxylic acids is 4. The van der Waals surface area contributed by atoms with E-state index in [-0.39, 0.29) is 30.3 Å². The molecule has 0 radical (unpaired) electrons. The minimum Gasteiger partial charge on any atom is -0.453 e. The number of amides is 4. The summed E-state index contributed by atoms with van der Waals surface area (Å²) in [6, 6.07) is 4.87. The first-order chi connectivity index (χ1) is 16.8. The summed E-state index contributed by atoms with van der Waals surface area (Å²) in [5.41, 5.74) is 1.91. The Balaban J connectivity index is 1.46. The van der Waals surface area contributed by atoms with Gasteiger partial charge in [-0.3, -0.25) is 28.8 Å². The molecular formula is C23H30N6O6. The summed E-state index contributed by atoms with van der Waals surface area (Å²) in [5.74, 6) is -0.756. The highest BCUT2D eigenvalue weighted by Gasteiger charge is 2.32. The molecule has 4 amide bonds. The second-order valence-electron chi connectivity index (χ2n) is 8.71. The van der Waals surface area contributed by atoms with Crippen LogP contribution in [0.3, 0.4) is 0 Å². The Morgan fingerprint density at radius 1 is 1.14 bits per heavy atom. The third-order valence-electron chi connectivity index (χ3n) is 6.60. The molecule has 0 spiro atoms. The molecule has 1 atom stereocenters. The summed E-state index contributed by atoms with van der Waals surface area (Å²) in [5, 5.41) is 4.89. The fraction of sp³-hybridized carbons (Fsp3) is 0.522. The van der Waals surface area contributed by atoms with Crippen LogP contribution >= 0.6 is 0 Å². The molecule has 3 heterocycles. The van der Waals surface area contributed by atoms with Crippen LogP contribution in [-0.4, -0.2) is 77.7 Å². The van der Waals surface area contributed by atoms with E-state index in [1.54, 1.807) is 11.6 Å². The van der Waals surface area contributed by atoms with Crippen LogP contribution in [-0.2, 0) is 26.2 Å². The maximum absolute atomic E-state index is 13.1. The van der Waals surface area contributed by atoms with Gasteiger partial charge in [0.15, 0.2) is 0 Å². The molecular weight excluding hydrogens is 456 g/mol. The number of aryl methyl sites for hydroxylation is 1. The molecule has 12 nitrogen and oxygen atoms in total. The van der Waals surface area contributed by atoms with E-state index in [4.69, 9.17) is 0 Å². The smallest absolute Gasteiger partial charge is 0.406 e. The number of fused-ring (bicyclic) bond motifs is 1. The molecule has 0 bridgehead atoms. The lowest BCUT2D eigenvalue weighted by Crippen LogP contribution is -2.49. The van der Waals surface area contributed by atoms with Crippen LogP contribution in [0.2, 0.25) is 0 Å². The summed E-state index contributed by atoms with van der Waals surface area (Å²) in [7, 11) is 2.97. The minimum atomic E-state index is -0.734. The van der Waals surface area contributed by atoms with E-state index in [9.17, 15) is 24.0 Å². The van der Waals surface area contributed by atoms with E-state index in [0.29, 0.717) is 51.1 Å². The van der Waals surface area contributed by atoms with Gasteiger partial charge >= 0.3 is 11.8 Å². The van der Waals surface area contributed by atoms with E-state index >= 15 is 0 Å². The highest BCUT2D eigenvalue weighted by Crippen LogP contribution is 2.30. The number of nitrogens with one attached hydrogen (secondary N) is 2. The Morgan fingerprint density at radius 3 is 2.57 bits per heavy atom. The molecule has 2 fully saturated rings. The van der Waals surface area contributed by atoms with Crippen LogP contribution in [0.25, 0.3) is 11.0 Å². The molecule has 35 heavy (non-hydrogen) atoms. The first-order valence-corrected chi connectivity index (χ1v) is 11.7. The number of rotatable bonds is 6. The number of piperazine rings is 1. The maximum atomic E-state index is 13.1. The predicted molar refractivity (Wildman–Crippen MR) is 127 cm³/mol. The second-order valence-corrected chi connectivity index (χ2v) is 8.71. The lowest BCUT2D eigenvalue weighted by Gasteiger charge is -2.36. The number of imide groups is 1. The number of aromatic nitrogens is 2. The monoisotopic (exact) mass is 486 g/mol. The minimum absolute atomic E-state index is 0.0333. The van der Waals surface area contributed by atoms with Gasteiger partial charge in [-0.25, -0.2) is 9.59 Å². The standard InChI is InChI=1S/C23H30N6O6/c1-26-20-15(27-11-13-28(14-12-27)19(31)7-4-10-24-22(33)35-2)5-3-6-16(20)29(23(26)34)17-8-9-18(30)25-21(17)32/h3,5-6,17H,4,7-14H2,1-2H3,(H,24,33)(H,25,30,32). The van der Waals surface area contributed by atoms with Crippen molar-refractivity contribution in [1.29, 1.82) is 0 Å². The SMILES string of the molecule is COC(=O)NCCCC(=O)N1CCN(c2cccc3c2n(C)c(=O)n3C2CCC(=O)NC2=O)CC1. The van der Waals surface area contributed by atoms with Gasteiger partial charge in [-0.15, -0.1) is 0 Å². The number of methoxy groups -OCH3 is 1. The Kier molecular flexibility index (Phi) is 7.08. The van der Waals surface area contributed by atoms with Gasteiger partial charge in [0.1, 0.15) is 6.04 Å². The normalized spacial score (nSPS) is 18.5. The number of alkyl carbamates (subject to hydrolysis) is 1. The summed E-state index contributed by atoms with van der Waals surface area (Å²) in [6.45, 7) is 2.66. The summed E-state index contributed by atoms with van der Waals surface area (Å²) < 4.78 is 7.53. The number of ether oxygens (including phenoxy) is 1. The molecule has 4 rings (SSSR count). The third kappa shape index (κ3) is 4.86. The van der Waals surface area contributed by atoms with Gasteiger partial charge in [-0.1, -0.05) is 6.07 Å². The first-order valence-electron chi connectivity index (χ1n) is 11.7. The number of anilines is 1. The summed E-state index contributed by atoms with van der Waals surface area (Å²) >= 11 is 0. The zero-order valence-corrected chi connectivity index (χ0v) is 19.9. The molecule has 1 aromatic carbocycles. The van der Waals surface area contributed by atoms with Crippen molar-refractivity contribution < 1.29 is 23.9 Å². The molecule has 12 heteroatoms. The molecule has 1 aromatic heterocycles. The Labute approximate surface area is 201 Å². The molecule has 2 aliphatic heterocycles. The van der Waals surface area contributed by atoms with E-state index in [2.05, 4.69) is 20.3 Å². The Bertz CT molecular complexity index is 1210. The van der Waals surface area contributed by atoms with Crippen molar-refractivity contribution in [2.75, 3.05) is 44.7 Å². The van der Waals surface area contributed by atoms with Crippen LogP contribution in [0.15, 0.2) is 23.0 Å². The van der Waals surface area contributed by atoms with Gasteiger partial charge in [-0.05, 0) is 25.0 Å². The largest absolute Gasteiger partial charge is 0.453 e. The van der Waals surface area contributed by atoms with Crippen molar-refractivity contribution >= 4 is 40.5 Å². The molecule has 188 valence electrons. The molecule has 2 saturated heterocycles. The average molecular weight is 487 g/mol. The van der Waals surface area contributed by atoms with Crippen molar-refractivity contribution in [3.63, 3.8) is 0 Å². The predicted octanol–water partition coefficient (Wildman–Crippen LogP) is 0.103. The Hall–Kier alpha value is -3.83. The summed E-state index contributed by atoms with van der Waals surface area (Å²) in [4.78, 5) is 64.8. The molecule has 2 aliphatic rings. The highest BCUT2D eigenvalue weighted by molar-refractivity contribution is 6.00. The number of benzene rings is 1. The summed E-state index contributed by atoms with van der Waals surface area (Å²) in [6.07, 6.45) is 0.824. The zero-order valence-electron chi connectivity index (χ0n) is 19.9. The van der Waals surface area contributed by atoms with Gasteiger partial charge in [0.2, 0.25) is 17.7 Å². The number of carbonyl (C=O) groups is 4. The topological polar surface area (TPSA) is 135 Å². The van der Waals surface area contributed by atoms with Crippen LogP contribution in [0, 0.1) is 0 Å². The van der Waals surface area contributed by atoms with E-state index < -0.39 is 18.0 Å². The van der Waals surface area contributed by atoms with Crippen molar-refractivity contribution in [2.24, 2.45) is 7.05 Å². The van der Waals surface area contributed by atoms with Crippen LogP contribution < -0.4 is 21.2 Å². The van der Waals surface area contributed by atoms with Gasteiger partial charge in [0.05, 0.1) is 23.8 Å². The second kappa shape index (κ2) is 10.2. The van der Waals surface area contributed by atoms with Gasteiger partial charge in [0.25, 0.3) is 0 Å². The Morgan fingerprint density at radius 2 is 1.89 bits per heavy atom. The lowest BCUT2D eigenvalue weighted by atomic mass is 10.1. The molecule has 1 unspecified atom stereocenters. The van der Waals surface area contributed by atoms with Crippen LogP contribution in [0.5, 0.6) is 0 Å². The lowest BCUT2D eigenvalue weighted by molar-refractivity contribution is -0.136. The number of piperidine rings is 1. The van der Waals surface area contributed by atoms with Crippen molar-refractivity contribution in [2.45, 2.75) is 31.7 Å². The van der Waals surface area contributed by atoms with E-state index in [1.807, 2.05) is 23.1 Å². The number of hydrogen-bond acceptors (Lipinski definition) is 7. The van der Waals surface area contributed by atoms with Crippen molar-refractivity contribution in [3.05, 3.63) is 28.7 Å². The zero-order chi connectivity index (χ0) is 25.1. The number of imidazole rings is 1. The maximum Gasteiger partial charge on any atom is 0.406 e. The quantitative estimate of drug-likeness (QED) is 0.437. The van der Waals surface area contributed by atoms with Crippen LogP contribution in [0.4, 0.5) is 10.5 Å². The number of nitrogens with zero attached hydrogens (tertiary/aromatic N) is 4. The first kappa shape index (κ1) is 24.3. The number of hydrogen-bond donors (Lipinski definition) is 2. The van der Waals surface area contributed by atoms with E-state index in [0.717, 1.165) is 11.2 Å². The number of para-hydroxylation sites is 1. The van der Waals surface area contributed by atoms with Gasteiger partial charge < -0.3 is 19.9 Å². The van der Waals surface area contributed by atoms with Crippen molar-refractivity contribution in [1.82, 2.24) is 24.7 Å². The van der Waals surface area contributed by atoms with Gasteiger partial charge in [-0.2, -0.15) is 0 Å². The fourth-order valence-electron chi connectivity index (χ4n) is 4.76. The van der Waals surface area contributed by atoms with Crippen molar-refractivity contribution in [3.8, 4) is 0 Å². The fourth-order valence-corrected chi connectivity index (χ4v) is 4.76. The molecule has 2 N–H and O–H groups in total. The molecule has 0 aliphatic carbocycles. The average Bonchev–Trinajstić information content (AvgIpc) is 3.11. The van der Waals surface area contributed by atoms with Gasteiger partial charge in [0, 0.05) is 52.6 Å². The molecule has 2 aromatic rings.